The van der Waals surface area contributed by atoms with E-state index in [1.807, 2.05) is 38.1 Å². The number of nitrogens with one attached hydrogen (secondary N) is 1. The number of anilines is 1. The van der Waals surface area contributed by atoms with Crippen molar-refractivity contribution in [1.29, 1.82) is 0 Å². The van der Waals surface area contributed by atoms with Crippen molar-refractivity contribution >= 4 is 49.3 Å². The van der Waals surface area contributed by atoms with E-state index in [1.54, 1.807) is 17.5 Å². The molecule has 0 saturated carbocycles. The van der Waals surface area contributed by atoms with E-state index in [0.29, 0.717) is 16.7 Å². The molecule has 37 heavy (non-hydrogen) atoms. The molecule has 0 saturated heterocycles. The van der Waals surface area contributed by atoms with Gasteiger partial charge in [-0.1, -0.05) is 28.1 Å². The second kappa shape index (κ2) is 11.2. The molecule has 0 radical (unpaired) electrons. The summed E-state index contributed by atoms with van der Waals surface area (Å²) in [6, 6.07) is 10.9. The molecule has 5 N–H and O–H groups in total. The average molecular weight is 589 g/mol. The topological polar surface area (TPSA) is 158 Å². The number of halogens is 1. The summed E-state index contributed by atoms with van der Waals surface area (Å²) < 4.78 is 2.06. The minimum atomic E-state index is -1.71. The molecule has 4 rings (SSSR count). The summed E-state index contributed by atoms with van der Waals surface area (Å²) in [5.41, 5.74) is 2.73. The fourth-order valence-electron chi connectivity index (χ4n) is 3.73. The van der Waals surface area contributed by atoms with Crippen LogP contribution >= 0.6 is 27.3 Å². The van der Waals surface area contributed by atoms with Gasteiger partial charge in [-0.05, 0) is 49.2 Å². The molecule has 0 aliphatic rings. The van der Waals surface area contributed by atoms with Crippen LogP contribution in [0.2, 0.25) is 0 Å². The Morgan fingerprint density at radius 1 is 1.08 bits per heavy atom. The number of aromatic nitrogens is 3. The van der Waals surface area contributed by atoms with Crippen molar-refractivity contribution in [2.45, 2.75) is 38.7 Å². The molecule has 0 spiro atoms. The zero-order valence-corrected chi connectivity index (χ0v) is 22.3. The summed E-state index contributed by atoms with van der Waals surface area (Å²) in [5.74, 6) is -0.777. The molecule has 1 amide bonds. The minimum absolute atomic E-state index is 0.275. The highest BCUT2D eigenvalue weighted by Gasteiger charge is 2.27. The highest BCUT2D eigenvalue weighted by molar-refractivity contribution is 9.10. The first-order valence-corrected chi connectivity index (χ1v) is 13.0. The number of aliphatic hydroxyl groups is 4. The lowest BCUT2D eigenvalue weighted by atomic mass is 10.1. The van der Waals surface area contributed by atoms with Crippen LogP contribution in [0.25, 0.3) is 22.3 Å². The van der Waals surface area contributed by atoms with Crippen LogP contribution in [0.3, 0.4) is 0 Å². The number of aliphatic hydroxyl groups excluding tert-OH is 4. The van der Waals surface area contributed by atoms with Gasteiger partial charge in [0.05, 0.1) is 29.9 Å². The zero-order valence-electron chi connectivity index (χ0n) is 19.9. The van der Waals surface area contributed by atoms with E-state index in [2.05, 4.69) is 31.2 Å². The number of carbonyl (C=O) groups excluding carboxylic acids is 1. The predicted molar refractivity (Wildman–Crippen MR) is 144 cm³/mol. The van der Waals surface area contributed by atoms with Gasteiger partial charge in [0.1, 0.15) is 18.3 Å². The van der Waals surface area contributed by atoms with Crippen molar-refractivity contribution in [3.8, 4) is 11.3 Å². The van der Waals surface area contributed by atoms with Crippen LogP contribution in [0.5, 0.6) is 0 Å². The van der Waals surface area contributed by atoms with Gasteiger partial charge in [-0.3, -0.25) is 14.9 Å². The number of aryl methyl sites for hydroxylation is 2. The summed E-state index contributed by atoms with van der Waals surface area (Å²) in [7, 11) is 0. The number of rotatable bonds is 8. The fourth-order valence-corrected chi connectivity index (χ4v) is 4.71. The van der Waals surface area contributed by atoms with Crippen LogP contribution < -0.4 is 10.9 Å². The van der Waals surface area contributed by atoms with Crippen molar-refractivity contribution in [3.05, 3.63) is 73.4 Å². The zero-order chi connectivity index (χ0) is 26.9. The van der Waals surface area contributed by atoms with Crippen LogP contribution in [-0.4, -0.2) is 65.8 Å². The van der Waals surface area contributed by atoms with Gasteiger partial charge in [0.25, 0.3) is 11.5 Å². The number of hydrogen-bond donors (Lipinski definition) is 5. The average Bonchev–Trinajstić information content (AvgIpc) is 3.34. The van der Waals surface area contributed by atoms with Gasteiger partial charge in [-0.25, -0.2) is 9.97 Å². The van der Waals surface area contributed by atoms with Gasteiger partial charge in [-0.15, -0.1) is 11.3 Å². The van der Waals surface area contributed by atoms with Crippen molar-refractivity contribution in [3.63, 3.8) is 0 Å². The Balaban J connectivity index is 1.70. The highest BCUT2D eigenvalue weighted by atomic mass is 79.9. The van der Waals surface area contributed by atoms with Crippen LogP contribution in [0.4, 0.5) is 5.13 Å². The summed E-state index contributed by atoms with van der Waals surface area (Å²) in [6.45, 7) is 2.49. The smallest absolute Gasteiger partial charge is 0.282 e. The first kappa shape index (κ1) is 27.0. The third-order valence-electron chi connectivity index (χ3n) is 5.99. The van der Waals surface area contributed by atoms with Gasteiger partial charge < -0.3 is 25.0 Å². The molecule has 2 aromatic carbocycles. The third kappa shape index (κ3) is 5.79. The van der Waals surface area contributed by atoms with Crippen molar-refractivity contribution in [2.75, 3.05) is 11.9 Å². The number of benzene rings is 2. The Morgan fingerprint density at radius 3 is 2.43 bits per heavy atom. The molecule has 10 nitrogen and oxygen atoms in total. The molecule has 12 heteroatoms. The van der Waals surface area contributed by atoms with E-state index in [9.17, 15) is 24.9 Å². The molecule has 194 valence electrons. The number of carbonyl (C=O) groups is 1. The Kier molecular flexibility index (Phi) is 8.17. The molecule has 0 bridgehead atoms. The van der Waals surface area contributed by atoms with Gasteiger partial charge in [0.2, 0.25) is 0 Å². The number of fused-ring (bicyclic) bond motifs is 1. The van der Waals surface area contributed by atoms with Crippen molar-refractivity contribution in [2.24, 2.45) is 0 Å². The van der Waals surface area contributed by atoms with E-state index >= 15 is 0 Å². The molecule has 0 aliphatic heterocycles. The Labute approximate surface area is 224 Å². The molecule has 2 heterocycles. The number of amides is 1. The molecule has 2 aromatic heterocycles. The first-order chi connectivity index (χ1) is 17.6. The molecular formula is C25H25BrN4O6S. The molecule has 0 aliphatic carbocycles. The molecule has 4 aromatic rings. The largest absolute Gasteiger partial charge is 0.394 e. The van der Waals surface area contributed by atoms with Crippen molar-refractivity contribution < 1.29 is 25.2 Å². The van der Waals surface area contributed by atoms with E-state index in [0.717, 1.165) is 25.7 Å². The maximum absolute atomic E-state index is 13.4. The second-order valence-corrected chi connectivity index (χ2v) is 10.4. The molecule has 3 atom stereocenters. The maximum Gasteiger partial charge on any atom is 0.282 e. The number of nitrogens with zero attached hydrogens (tertiary/aromatic N) is 3. The maximum atomic E-state index is 13.4. The lowest BCUT2D eigenvalue weighted by Gasteiger charge is -2.23. The highest BCUT2D eigenvalue weighted by Crippen LogP contribution is 2.26. The van der Waals surface area contributed by atoms with E-state index < -0.39 is 48.6 Å². The Hall–Kier alpha value is -3.00. The number of hydrogen-bond acceptors (Lipinski definition) is 9. The van der Waals surface area contributed by atoms with E-state index in [-0.39, 0.29) is 5.13 Å². The monoisotopic (exact) mass is 588 g/mol. The van der Waals surface area contributed by atoms with Gasteiger partial charge in [-0.2, -0.15) is 0 Å². The lowest BCUT2D eigenvalue weighted by molar-refractivity contribution is -0.0805. The lowest BCUT2D eigenvalue weighted by Crippen LogP contribution is -2.44. The van der Waals surface area contributed by atoms with Crippen LogP contribution in [0.1, 0.15) is 21.6 Å². The molecular weight excluding hydrogens is 564 g/mol. The minimum Gasteiger partial charge on any atom is -0.394 e. The number of thiazole rings is 1. The van der Waals surface area contributed by atoms with E-state index in [1.165, 1.54) is 11.3 Å². The normalized spacial score (nSPS) is 13.9. The first-order valence-electron chi connectivity index (χ1n) is 11.3. The molecule has 3 unspecified atom stereocenters. The molecule has 0 fully saturated rings. The summed E-state index contributed by atoms with van der Waals surface area (Å²) >= 11 is 4.58. The summed E-state index contributed by atoms with van der Waals surface area (Å²) in [6.07, 6.45) is -4.91. The standard InChI is InChI=1S/C25H25BrN4O6S/c1-12-7-16-18(8-13(12)2)30(9-19(32)22(34)20(33)10-31)24(36)21(27-16)23(35)29-25-28-17(11-37-25)14-3-5-15(26)6-4-14/h3-8,11,19-20,22,31-34H,9-10H2,1-2H3,(H,28,29,35). The summed E-state index contributed by atoms with van der Waals surface area (Å²) in [5, 5.41) is 44.1. The van der Waals surface area contributed by atoms with E-state index in [4.69, 9.17) is 5.11 Å². The summed E-state index contributed by atoms with van der Waals surface area (Å²) in [4.78, 5) is 35.2. The fraction of sp³-hybridized carbons (Fsp3) is 0.280. The Morgan fingerprint density at radius 2 is 1.76 bits per heavy atom. The van der Waals surface area contributed by atoms with Gasteiger partial charge >= 0.3 is 0 Å². The van der Waals surface area contributed by atoms with Crippen LogP contribution in [-0.2, 0) is 6.54 Å². The Bertz CT molecular complexity index is 1500. The quantitative estimate of drug-likeness (QED) is 0.209. The van der Waals surface area contributed by atoms with Gasteiger partial charge in [0, 0.05) is 15.4 Å². The van der Waals surface area contributed by atoms with Crippen LogP contribution in [0.15, 0.2) is 51.0 Å². The third-order valence-corrected chi connectivity index (χ3v) is 7.27. The second-order valence-electron chi connectivity index (χ2n) is 8.61. The van der Waals surface area contributed by atoms with Crippen LogP contribution in [0, 0.1) is 13.8 Å². The van der Waals surface area contributed by atoms with Gasteiger partial charge in [0.15, 0.2) is 10.8 Å². The predicted octanol–water partition coefficient (Wildman–Crippen LogP) is 2.23. The SMILES string of the molecule is Cc1cc2nc(C(=O)Nc3nc(-c4ccc(Br)cc4)cs3)c(=O)n(CC(O)C(O)C(O)CO)c2cc1C. The van der Waals surface area contributed by atoms with Crippen molar-refractivity contribution in [1.82, 2.24) is 14.5 Å².